The predicted molar refractivity (Wildman–Crippen MR) is 182 cm³/mol. The van der Waals surface area contributed by atoms with E-state index in [0.29, 0.717) is 118 Å². The summed E-state index contributed by atoms with van der Waals surface area (Å²) in [6, 6.07) is 7.30. The van der Waals surface area contributed by atoms with Crippen molar-refractivity contribution >= 4 is 11.7 Å². The Balaban J connectivity index is 1.70. The Morgan fingerprint density at radius 3 is 1.19 bits per heavy atom. The second kappa shape index (κ2) is 35.4. The van der Waals surface area contributed by atoms with Gasteiger partial charge in [-0.15, -0.1) is 0 Å². The fourth-order valence-electron chi connectivity index (χ4n) is 3.90. The van der Waals surface area contributed by atoms with Crippen molar-refractivity contribution in [2.24, 2.45) is 0 Å². The van der Waals surface area contributed by atoms with Crippen LogP contribution in [-0.2, 0) is 47.4 Å². The van der Waals surface area contributed by atoms with Gasteiger partial charge in [0.05, 0.1) is 118 Å². The number of ether oxygens (including phenoxy) is 10. The van der Waals surface area contributed by atoms with Crippen molar-refractivity contribution in [2.75, 3.05) is 137 Å². The molecule has 0 radical (unpaired) electrons. The van der Waals surface area contributed by atoms with E-state index in [4.69, 9.17) is 47.4 Å². The van der Waals surface area contributed by atoms with Gasteiger partial charge < -0.3 is 52.7 Å². The number of anilines is 1. The minimum atomic E-state index is -0.357. The summed E-state index contributed by atoms with van der Waals surface area (Å²) in [4.78, 5) is 12.1. The highest BCUT2D eigenvalue weighted by Crippen LogP contribution is 2.11. The number of benzene rings is 1. The second-order valence-electron chi connectivity index (χ2n) is 10.6. The molecule has 1 aromatic carbocycles. The molecule has 1 rings (SSSR count). The number of carbonyl (C=O) groups is 1. The van der Waals surface area contributed by atoms with E-state index in [1.165, 1.54) is 19.3 Å². The summed E-state index contributed by atoms with van der Waals surface area (Å²) in [5, 5.41) is 3.32. The number of hydrogen-bond donors (Lipinski definition) is 1. The summed E-state index contributed by atoms with van der Waals surface area (Å²) in [6.07, 6.45) is 7.13. The molecule has 0 spiro atoms. The molecule has 12 nitrogen and oxygen atoms in total. The highest BCUT2D eigenvalue weighted by Gasteiger charge is 2.06. The van der Waals surface area contributed by atoms with Crippen LogP contribution in [0.1, 0.15) is 62.7 Å². The van der Waals surface area contributed by atoms with Crippen LogP contribution in [0.3, 0.4) is 0 Å². The average molecular weight is 674 g/mol. The van der Waals surface area contributed by atoms with Crippen LogP contribution in [0.15, 0.2) is 24.3 Å². The molecule has 0 aliphatic heterocycles. The third kappa shape index (κ3) is 30.0. The topological polar surface area (TPSA) is 121 Å². The summed E-state index contributed by atoms with van der Waals surface area (Å²) < 4.78 is 54.6. The molecule has 47 heavy (non-hydrogen) atoms. The van der Waals surface area contributed by atoms with E-state index in [2.05, 4.69) is 19.2 Å². The van der Waals surface area contributed by atoms with Crippen molar-refractivity contribution in [1.82, 2.24) is 0 Å². The van der Waals surface area contributed by atoms with Gasteiger partial charge in [0, 0.05) is 18.8 Å². The fraction of sp³-hybridized carbons (Fsp3) is 0.800. The molecule has 0 heterocycles. The highest BCUT2D eigenvalue weighted by atomic mass is 16.6. The summed E-state index contributed by atoms with van der Waals surface area (Å²) in [5.41, 5.74) is 1.52. The van der Waals surface area contributed by atoms with Crippen LogP contribution in [0.2, 0.25) is 0 Å². The Kier molecular flexibility index (Phi) is 32.5. The highest BCUT2D eigenvalue weighted by molar-refractivity contribution is 5.89. The van der Waals surface area contributed by atoms with Gasteiger partial charge >= 0.3 is 5.97 Å². The van der Waals surface area contributed by atoms with Crippen LogP contribution in [-0.4, -0.2) is 138 Å². The lowest BCUT2D eigenvalue weighted by Gasteiger charge is -2.09. The van der Waals surface area contributed by atoms with Gasteiger partial charge in [-0.3, -0.25) is 0 Å². The Morgan fingerprint density at radius 2 is 0.809 bits per heavy atom. The first kappa shape index (κ1) is 43.2. The normalized spacial score (nSPS) is 11.3. The summed E-state index contributed by atoms with van der Waals surface area (Å²) >= 11 is 0. The van der Waals surface area contributed by atoms with E-state index in [0.717, 1.165) is 38.1 Å². The van der Waals surface area contributed by atoms with Crippen molar-refractivity contribution in [3.63, 3.8) is 0 Å². The van der Waals surface area contributed by atoms with E-state index in [1.54, 1.807) is 12.1 Å². The van der Waals surface area contributed by atoms with Gasteiger partial charge in [0.25, 0.3) is 0 Å². The van der Waals surface area contributed by atoms with E-state index in [-0.39, 0.29) is 12.6 Å². The maximum atomic E-state index is 12.1. The number of hydrogen-bond acceptors (Lipinski definition) is 12. The van der Waals surface area contributed by atoms with Crippen LogP contribution in [0.4, 0.5) is 5.69 Å². The van der Waals surface area contributed by atoms with Crippen molar-refractivity contribution < 1.29 is 52.2 Å². The third-order valence-corrected chi connectivity index (χ3v) is 6.56. The molecule has 0 aliphatic rings. The van der Waals surface area contributed by atoms with Crippen molar-refractivity contribution in [3.8, 4) is 0 Å². The van der Waals surface area contributed by atoms with E-state index >= 15 is 0 Å². The third-order valence-electron chi connectivity index (χ3n) is 6.56. The van der Waals surface area contributed by atoms with Crippen molar-refractivity contribution in [1.29, 1.82) is 0 Å². The molecule has 0 amide bonds. The summed E-state index contributed by atoms with van der Waals surface area (Å²) in [6.45, 7) is 14.9. The van der Waals surface area contributed by atoms with Crippen LogP contribution in [0, 0.1) is 0 Å². The molecule has 274 valence electrons. The SMILES string of the molecule is CCCCCCOCCOCCOCCOCCOCCOCCOCCOCCOCCOC(=O)c1ccc(NCCCC)cc1. The van der Waals surface area contributed by atoms with E-state index in [9.17, 15) is 4.79 Å². The number of carbonyl (C=O) groups excluding carboxylic acids is 1. The average Bonchev–Trinajstić information content (AvgIpc) is 3.09. The molecular weight excluding hydrogens is 610 g/mol. The first-order valence-corrected chi connectivity index (χ1v) is 17.5. The maximum Gasteiger partial charge on any atom is 0.338 e. The largest absolute Gasteiger partial charge is 0.460 e. The summed E-state index contributed by atoms with van der Waals surface area (Å²) in [5.74, 6) is -0.357. The van der Waals surface area contributed by atoms with Gasteiger partial charge in [-0.25, -0.2) is 4.79 Å². The van der Waals surface area contributed by atoms with Gasteiger partial charge in [0.1, 0.15) is 6.61 Å². The summed E-state index contributed by atoms with van der Waals surface area (Å²) in [7, 11) is 0. The lowest BCUT2D eigenvalue weighted by molar-refractivity contribution is -0.0259. The number of nitrogens with one attached hydrogen (secondary N) is 1. The number of rotatable bonds is 37. The van der Waals surface area contributed by atoms with E-state index in [1.807, 2.05) is 12.1 Å². The zero-order chi connectivity index (χ0) is 33.7. The molecule has 0 atom stereocenters. The molecule has 0 bridgehead atoms. The van der Waals surface area contributed by atoms with Crippen molar-refractivity contribution in [3.05, 3.63) is 29.8 Å². The zero-order valence-electron chi connectivity index (χ0n) is 29.2. The molecule has 0 fully saturated rings. The lowest BCUT2D eigenvalue weighted by Crippen LogP contribution is -2.15. The lowest BCUT2D eigenvalue weighted by atomic mass is 10.2. The Morgan fingerprint density at radius 1 is 0.447 bits per heavy atom. The number of esters is 1. The quantitative estimate of drug-likeness (QED) is 0.0773. The smallest absolute Gasteiger partial charge is 0.338 e. The Labute approximate surface area is 283 Å². The molecule has 1 N–H and O–H groups in total. The predicted octanol–water partition coefficient (Wildman–Crippen LogP) is 4.79. The van der Waals surface area contributed by atoms with Crippen LogP contribution in [0.25, 0.3) is 0 Å². The molecule has 0 saturated heterocycles. The minimum Gasteiger partial charge on any atom is -0.460 e. The van der Waals surface area contributed by atoms with Crippen LogP contribution >= 0.6 is 0 Å². The fourth-order valence-corrected chi connectivity index (χ4v) is 3.90. The second-order valence-corrected chi connectivity index (χ2v) is 10.6. The molecule has 12 heteroatoms. The molecule has 0 unspecified atom stereocenters. The Bertz CT molecular complexity index is 785. The molecule has 0 aliphatic carbocycles. The maximum absolute atomic E-state index is 12.1. The first-order valence-electron chi connectivity index (χ1n) is 17.5. The Hall–Kier alpha value is -1.87. The molecular formula is C35H63NO11. The van der Waals surface area contributed by atoms with E-state index < -0.39 is 0 Å². The van der Waals surface area contributed by atoms with Gasteiger partial charge in [-0.05, 0) is 37.1 Å². The van der Waals surface area contributed by atoms with Crippen LogP contribution < -0.4 is 5.32 Å². The van der Waals surface area contributed by atoms with Gasteiger partial charge in [0.2, 0.25) is 0 Å². The molecule has 0 saturated carbocycles. The molecule has 0 aromatic heterocycles. The zero-order valence-corrected chi connectivity index (χ0v) is 29.2. The minimum absolute atomic E-state index is 0.194. The van der Waals surface area contributed by atoms with Gasteiger partial charge in [-0.1, -0.05) is 39.5 Å². The standard InChI is InChI=1S/C35H63NO11/c1-3-5-7-8-14-38-15-16-39-17-18-40-19-20-41-21-22-42-23-24-43-25-26-44-27-28-45-29-30-46-31-32-47-35(37)33-9-11-34(12-10-33)36-13-6-4-2/h9-12,36H,3-8,13-32H2,1-2H3. The van der Waals surface area contributed by atoms with Crippen LogP contribution in [0.5, 0.6) is 0 Å². The molecule has 1 aromatic rings. The van der Waals surface area contributed by atoms with Gasteiger partial charge in [-0.2, -0.15) is 0 Å². The first-order chi connectivity index (χ1) is 23.3. The van der Waals surface area contributed by atoms with Gasteiger partial charge in [0.15, 0.2) is 0 Å². The monoisotopic (exact) mass is 673 g/mol. The number of unbranched alkanes of at least 4 members (excludes halogenated alkanes) is 4. The van der Waals surface area contributed by atoms with Crippen molar-refractivity contribution in [2.45, 2.75) is 52.4 Å².